The minimum atomic E-state index is -0.447. The molecule has 1 aliphatic carbocycles. The molecule has 0 atom stereocenters. The fourth-order valence-corrected chi connectivity index (χ4v) is 5.92. The minimum absolute atomic E-state index is 0.0722. The number of hydrogen-bond acceptors (Lipinski definition) is 7. The van der Waals surface area contributed by atoms with E-state index in [2.05, 4.69) is 44.9 Å². The number of aromatic nitrogens is 4. The summed E-state index contributed by atoms with van der Waals surface area (Å²) >= 11 is 7.64. The van der Waals surface area contributed by atoms with E-state index in [4.69, 9.17) is 21.4 Å². The molecule has 3 aromatic heterocycles. The number of nitrogens with one attached hydrogen (secondary N) is 1. The van der Waals surface area contributed by atoms with Crippen molar-refractivity contribution in [3.63, 3.8) is 0 Å². The van der Waals surface area contributed by atoms with Gasteiger partial charge in [0, 0.05) is 48.6 Å². The first-order valence-corrected chi connectivity index (χ1v) is 12.9. The molecule has 10 heteroatoms. The van der Waals surface area contributed by atoms with Gasteiger partial charge in [-0.1, -0.05) is 11.6 Å². The molecular weight excluding hydrogens is 487 g/mol. The number of ether oxygens (including phenoxy) is 1. The molecule has 0 fully saturated rings. The first-order valence-electron chi connectivity index (χ1n) is 11.7. The van der Waals surface area contributed by atoms with Crippen molar-refractivity contribution in [2.24, 2.45) is 0 Å². The second-order valence-corrected chi connectivity index (χ2v) is 10.3. The minimum Gasteiger partial charge on any atom is -0.383 e. The molecule has 0 amide bonds. The summed E-state index contributed by atoms with van der Waals surface area (Å²) in [6.45, 7) is 7.79. The van der Waals surface area contributed by atoms with Crippen LogP contribution in [0.2, 0.25) is 5.02 Å². The van der Waals surface area contributed by atoms with Crippen molar-refractivity contribution in [3.05, 3.63) is 52.8 Å². The van der Waals surface area contributed by atoms with E-state index in [1.165, 1.54) is 22.1 Å². The number of benzene rings is 1. The van der Waals surface area contributed by atoms with Crippen LogP contribution in [-0.4, -0.2) is 57.5 Å². The Hall–Kier alpha value is -2.59. The van der Waals surface area contributed by atoms with Gasteiger partial charge in [-0.25, -0.2) is 14.4 Å². The predicted octanol–water partition coefficient (Wildman–Crippen LogP) is 5.55. The molecule has 4 aromatic rings. The first-order chi connectivity index (χ1) is 16.9. The molecule has 0 unspecified atom stereocenters. The number of aryl methyl sites for hydroxylation is 2. The summed E-state index contributed by atoms with van der Waals surface area (Å²) in [6, 6.07) is 5.02. The predicted molar refractivity (Wildman–Crippen MR) is 139 cm³/mol. The Labute approximate surface area is 212 Å². The Morgan fingerprint density at radius 1 is 1.26 bits per heavy atom. The highest BCUT2D eigenvalue weighted by molar-refractivity contribution is 7.22. The van der Waals surface area contributed by atoms with Crippen LogP contribution in [0.3, 0.4) is 0 Å². The van der Waals surface area contributed by atoms with Crippen molar-refractivity contribution in [2.75, 3.05) is 32.1 Å². The van der Waals surface area contributed by atoms with Crippen LogP contribution in [0.5, 0.6) is 0 Å². The SMILES string of the molecule is COCCN(CCn1cc2c(n1)CCc1c-2sc2ncnc(Nc3ccc(F)c(Cl)c3)c12)C(C)C. The lowest BCUT2D eigenvalue weighted by atomic mass is 9.95. The van der Waals surface area contributed by atoms with Gasteiger partial charge in [-0.2, -0.15) is 5.10 Å². The van der Waals surface area contributed by atoms with Crippen molar-refractivity contribution < 1.29 is 9.13 Å². The van der Waals surface area contributed by atoms with E-state index >= 15 is 0 Å². The molecule has 35 heavy (non-hydrogen) atoms. The molecule has 0 saturated carbocycles. The Bertz CT molecular complexity index is 1350. The highest BCUT2D eigenvalue weighted by Crippen LogP contribution is 2.45. The third-order valence-electron chi connectivity index (χ3n) is 6.39. The molecule has 184 valence electrons. The van der Waals surface area contributed by atoms with Gasteiger partial charge in [0.25, 0.3) is 0 Å². The Morgan fingerprint density at radius 2 is 2.11 bits per heavy atom. The molecule has 0 aliphatic heterocycles. The molecule has 0 bridgehead atoms. The Morgan fingerprint density at radius 3 is 2.89 bits per heavy atom. The zero-order valence-corrected chi connectivity index (χ0v) is 21.6. The summed E-state index contributed by atoms with van der Waals surface area (Å²) in [5.41, 5.74) is 4.23. The standard InChI is InChI=1S/C25H28ClFN6OS/c1-15(2)32(10-11-34-3)8-9-33-13-18-21(31-33)7-5-17-22-24(28-14-29-25(22)35-23(17)18)30-16-4-6-20(27)19(26)12-16/h4,6,12-15H,5,7-11H2,1-3H3,(H,28,29,30). The van der Waals surface area contributed by atoms with E-state index < -0.39 is 5.82 Å². The summed E-state index contributed by atoms with van der Waals surface area (Å²) < 4.78 is 20.9. The normalized spacial score (nSPS) is 13.0. The maximum absolute atomic E-state index is 13.6. The van der Waals surface area contributed by atoms with E-state index in [-0.39, 0.29) is 5.02 Å². The van der Waals surface area contributed by atoms with Gasteiger partial charge in [-0.15, -0.1) is 11.3 Å². The van der Waals surface area contributed by atoms with Crippen molar-refractivity contribution in [2.45, 2.75) is 39.3 Å². The van der Waals surface area contributed by atoms with Crippen LogP contribution in [-0.2, 0) is 24.1 Å². The molecule has 0 spiro atoms. The van der Waals surface area contributed by atoms with Crippen molar-refractivity contribution >= 4 is 44.7 Å². The summed E-state index contributed by atoms with van der Waals surface area (Å²) in [5, 5.41) is 9.29. The number of thiophene rings is 1. The van der Waals surface area contributed by atoms with Gasteiger partial charge in [0.15, 0.2) is 0 Å². The number of nitrogens with zero attached hydrogens (tertiary/aromatic N) is 5. The second kappa shape index (κ2) is 10.2. The fraction of sp³-hybridized carbons (Fsp3) is 0.400. The molecule has 3 heterocycles. The molecule has 1 aliphatic rings. The van der Waals surface area contributed by atoms with Gasteiger partial charge in [0.1, 0.15) is 22.8 Å². The van der Waals surface area contributed by atoms with Crippen LogP contribution in [0.4, 0.5) is 15.9 Å². The van der Waals surface area contributed by atoms with Crippen LogP contribution in [0.25, 0.3) is 20.7 Å². The van der Waals surface area contributed by atoms with Crippen molar-refractivity contribution in [1.82, 2.24) is 24.6 Å². The van der Waals surface area contributed by atoms with Crippen molar-refractivity contribution in [1.29, 1.82) is 0 Å². The smallest absolute Gasteiger partial charge is 0.142 e. The van der Waals surface area contributed by atoms with Gasteiger partial charge < -0.3 is 10.1 Å². The number of rotatable bonds is 9. The average Bonchev–Trinajstić information content (AvgIpc) is 3.42. The highest BCUT2D eigenvalue weighted by atomic mass is 35.5. The van der Waals surface area contributed by atoms with E-state index in [1.54, 1.807) is 36.9 Å². The van der Waals surface area contributed by atoms with Crippen LogP contribution < -0.4 is 5.32 Å². The Balaban J connectivity index is 1.43. The lowest BCUT2D eigenvalue weighted by molar-refractivity contribution is 0.126. The van der Waals surface area contributed by atoms with E-state index in [0.717, 1.165) is 55.0 Å². The third-order valence-corrected chi connectivity index (χ3v) is 7.86. The van der Waals surface area contributed by atoms with Gasteiger partial charge in [-0.3, -0.25) is 9.58 Å². The molecule has 7 nitrogen and oxygen atoms in total. The second-order valence-electron chi connectivity index (χ2n) is 8.94. The molecular formula is C25H28ClFN6OS. The van der Waals surface area contributed by atoms with Gasteiger partial charge in [0.2, 0.25) is 0 Å². The summed E-state index contributed by atoms with van der Waals surface area (Å²) in [4.78, 5) is 13.6. The van der Waals surface area contributed by atoms with Crippen molar-refractivity contribution in [3.8, 4) is 10.4 Å². The Kier molecular flexibility index (Phi) is 7.02. The molecule has 1 aromatic carbocycles. The summed E-state index contributed by atoms with van der Waals surface area (Å²) in [6.07, 6.45) is 5.47. The van der Waals surface area contributed by atoms with Crippen LogP contribution in [0, 0.1) is 5.82 Å². The maximum Gasteiger partial charge on any atom is 0.142 e. The van der Waals surface area contributed by atoms with Crippen LogP contribution >= 0.6 is 22.9 Å². The highest BCUT2D eigenvalue weighted by Gasteiger charge is 2.26. The fourth-order valence-electron chi connectivity index (χ4n) is 4.51. The van der Waals surface area contributed by atoms with Gasteiger partial charge >= 0.3 is 0 Å². The lowest BCUT2D eigenvalue weighted by Gasteiger charge is -2.25. The third kappa shape index (κ3) is 4.91. The zero-order chi connectivity index (χ0) is 24.5. The summed E-state index contributed by atoms with van der Waals surface area (Å²) in [5.74, 6) is 0.259. The van der Waals surface area contributed by atoms with Gasteiger partial charge in [-0.05, 0) is 50.5 Å². The number of halogens is 2. The number of hydrogen-bond donors (Lipinski definition) is 1. The van der Waals surface area contributed by atoms with E-state index in [0.29, 0.717) is 17.5 Å². The van der Waals surface area contributed by atoms with Crippen LogP contribution in [0.1, 0.15) is 25.1 Å². The number of anilines is 2. The number of fused-ring (bicyclic) bond motifs is 5. The van der Waals surface area contributed by atoms with E-state index in [9.17, 15) is 4.39 Å². The van der Waals surface area contributed by atoms with Crippen LogP contribution in [0.15, 0.2) is 30.7 Å². The van der Waals surface area contributed by atoms with Gasteiger partial charge in [0.05, 0.1) is 29.3 Å². The quantitative estimate of drug-likeness (QED) is 0.316. The van der Waals surface area contributed by atoms with E-state index in [1.807, 2.05) is 0 Å². The molecule has 0 radical (unpaired) electrons. The number of methoxy groups -OCH3 is 1. The largest absolute Gasteiger partial charge is 0.383 e. The molecule has 0 saturated heterocycles. The zero-order valence-electron chi connectivity index (χ0n) is 20.0. The monoisotopic (exact) mass is 514 g/mol. The lowest BCUT2D eigenvalue weighted by Crippen LogP contribution is -2.36. The summed E-state index contributed by atoms with van der Waals surface area (Å²) in [7, 11) is 1.74. The topological polar surface area (TPSA) is 68.1 Å². The first kappa shape index (κ1) is 24.1. The maximum atomic E-state index is 13.6. The molecule has 1 N–H and O–H groups in total. The average molecular weight is 515 g/mol. The molecule has 5 rings (SSSR count).